The third-order valence-electron chi connectivity index (χ3n) is 5.43. The number of hydrogen-bond acceptors (Lipinski definition) is 7. The molecule has 0 aromatic heterocycles. The van der Waals surface area contributed by atoms with Crippen LogP contribution in [0.15, 0.2) is 53.4 Å². The normalized spacial score (nSPS) is 11.8. The van der Waals surface area contributed by atoms with Crippen molar-refractivity contribution in [2.24, 2.45) is 0 Å². The number of benzene rings is 3. The van der Waals surface area contributed by atoms with Crippen molar-refractivity contribution < 1.29 is 45.3 Å². The van der Waals surface area contributed by atoms with Crippen molar-refractivity contribution >= 4 is 27.9 Å². The Labute approximate surface area is 218 Å². The van der Waals surface area contributed by atoms with Crippen LogP contribution in [-0.2, 0) is 16.2 Å². The molecule has 0 saturated carbocycles. The largest absolute Gasteiger partial charge is 0.493 e. The highest BCUT2D eigenvalue weighted by Crippen LogP contribution is 2.42. The minimum Gasteiger partial charge on any atom is -0.493 e. The lowest BCUT2D eigenvalue weighted by Crippen LogP contribution is -2.16. The molecule has 0 radical (unpaired) electrons. The van der Waals surface area contributed by atoms with Crippen LogP contribution in [0.5, 0.6) is 28.7 Å². The standard InChI is InChI=1S/C26H26F3NO7S/c1-33-20-12-11-17(10-9-16-13-21(34-2)24(36-4)22(14-16)35-3)23(25(20)37-5)30-38(31,32)19-8-6-7-18(15-19)26(27,28)29/h6-15,30H,1-5H3. The summed E-state index contributed by atoms with van der Waals surface area (Å²) in [5.41, 5.74) is -0.165. The quantitative estimate of drug-likeness (QED) is 0.321. The predicted octanol–water partition coefficient (Wildman–Crippen LogP) is 5.72. The summed E-state index contributed by atoms with van der Waals surface area (Å²) in [5, 5.41) is 0. The minimum atomic E-state index is -4.71. The first-order chi connectivity index (χ1) is 18.0. The summed E-state index contributed by atoms with van der Waals surface area (Å²) in [7, 11) is 2.63. The molecule has 1 N–H and O–H groups in total. The van der Waals surface area contributed by atoms with Gasteiger partial charge in [0.2, 0.25) is 5.75 Å². The Hall–Kier alpha value is -4.06. The third kappa shape index (κ3) is 6.08. The molecule has 0 saturated heterocycles. The van der Waals surface area contributed by atoms with E-state index >= 15 is 0 Å². The SMILES string of the molecule is COc1cc(C=Cc2ccc(OC)c(OC)c2NS(=O)(=O)c2cccc(C(F)(F)F)c2)cc(OC)c1OC. The number of nitrogens with one attached hydrogen (secondary N) is 1. The summed E-state index contributed by atoms with van der Waals surface area (Å²) in [6.45, 7) is 0. The van der Waals surface area contributed by atoms with Gasteiger partial charge in [-0.1, -0.05) is 18.2 Å². The van der Waals surface area contributed by atoms with Gasteiger partial charge in [-0.3, -0.25) is 4.72 Å². The van der Waals surface area contributed by atoms with E-state index in [-0.39, 0.29) is 17.2 Å². The number of sulfonamides is 1. The van der Waals surface area contributed by atoms with Gasteiger partial charge in [0.15, 0.2) is 23.0 Å². The maximum atomic E-state index is 13.2. The Balaban J connectivity index is 2.11. The van der Waals surface area contributed by atoms with Crippen molar-refractivity contribution in [2.45, 2.75) is 11.1 Å². The summed E-state index contributed by atoms with van der Waals surface area (Å²) < 4.78 is 95.0. The van der Waals surface area contributed by atoms with Crippen LogP contribution in [0.3, 0.4) is 0 Å². The number of rotatable bonds is 10. The van der Waals surface area contributed by atoms with Gasteiger partial charge in [0.05, 0.1) is 46.0 Å². The van der Waals surface area contributed by atoms with Crippen molar-refractivity contribution in [1.29, 1.82) is 0 Å². The molecule has 204 valence electrons. The van der Waals surface area contributed by atoms with E-state index in [0.29, 0.717) is 34.4 Å². The molecule has 0 amide bonds. The molecule has 0 unspecified atom stereocenters. The Morgan fingerprint density at radius 2 is 1.34 bits per heavy atom. The Bertz CT molecular complexity index is 1410. The summed E-state index contributed by atoms with van der Waals surface area (Å²) in [6, 6.07) is 9.93. The molecule has 3 rings (SSSR count). The molecule has 0 heterocycles. The maximum absolute atomic E-state index is 13.2. The van der Waals surface area contributed by atoms with E-state index in [4.69, 9.17) is 23.7 Å². The van der Waals surface area contributed by atoms with Crippen molar-refractivity contribution in [3.05, 3.63) is 65.2 Å². The van der Waals surface area contributed by atoms with Gasteiger partial charge in [0.25, 0.3) is 10.0 Å². The zero-order chi connectivity index (χ0) is 28.1. The van der Waals surface area contributed by atoms with Gasteiger partial charge in [-0.15, -0.1) is 0 Å². The van der Waals surface area contributed by atoms with Crippen LogP contribution < -0.4 is 28.4 Å². The summed E-state index contributed by atoms with van der Waals surface area (Å²) >= 11 is 0. The smallest absolute Gasteiger partial charge is 0.416 e. The lowest BCUT2D eigenvalue weighted by atomic mass is 10.1. The van der Waals surface area contributed by atoms with E-state index < -0.39 is 26.7 Å². The number of hydrogen-bond donors (Lipinski definition) is 1. The molecule has 0 spiro atoms. The van der Waals surface area contributed by atoms with E-state index in [2.05, 4.69) is 4.72 Å². The summed E-state index contributed by atoms with van der Waals surface area (Å²) in [4.78, 5) is -0.572. The van der Waals surface area contributed by atoms with Crippen LogP contribution in [-0.4, -0.2) is 44.0 Å². The van der Waals surface area contributed by atoms with Crippen LogP contribution in [0.2, 0.25) is 0 Å². The average Bonchev–Trinajstić information content (AvgIpc) is 2.90. The Morgan fingerprint density at radius 1 is 0.737 bits per heavy atom. The van der Waals surface area contributed by atoms with Gasteiger partial charge in [-0.2, -0.15) is 13.2 Å². The number of alkyl halides is 3. The van der Waals surface area contributed by atoms with E-state index in [0.717, 1.165) is 18.2 Å². The lowest BCUT2D eigenvalue weighted by molar-refractivity contribution is -0.137. The fraction of sp³-hybridized carbons (Fsp3) is 0.231. The molecule has 3 aromatic rings. The third-order valence-corrected chi connectivity index (χ3v) is 6.78. The monoisotopic (exact) mass is 553 g/mol. The van der Waals surface area contributed by atoms with Crippen LogP contribution in [0.25, 0.3) is 12.2 Å². The van der Waals surface area contributed by atoms with Crippen molar-refractivity contribution in [3.63, 3.8) is 0 Å². The van der Waals surface area contributed by atoms with Gasteiger partial charge in [-0.05, 0) is 48.0 Å². The summed E-state index contributed by atoms with van der Waals surface area (Å²) in [5.74, 6) is 1.45. The number of methoxy groups -OCH3 is 5. The van der Waals surface area contributed by atoms with Crippen molar-refractivity contribution in [2.75, 3.05) is 40.3 Å². The van der Waals surface area contributed by atoms with Crippen LogP contribution in [0, 0.1) is 0 Å². The van der Waals surface area contributed by atoms with E-state index in [1.807, 2.05) is 0 Å². The second-order valence-corrected chi connectivity index (χ2v) is 9.37. The molecule has 0 aliphatic carbocycles. The second-order valence-electron chi connectivity index (χ2n) is 7.69. The molecule has 0 aliphatic heterocycles. The molecule has 0 aliphatic rings. The van der Waals surface area contributed by atoms with Gasteiger partial charge in [0, 0.05) is 5.56 Å². The molecule has 8 nitrogen and oxygen atoms in total. The lowest BCUT2D eigenvalue weighted by Gasteiger charge is -2.18. The van der Waals surface area contributed by atoms with Gasteiger partial charge in [0.1, 0.15) is 5.69 Å². The molecular formula is C26H26F3NO7S. The van der Waals surface area contributed by atoms with Gasteiger partial charge in [-0.25, -0.2) is 8.42 Å². The molecule has 0 fully saturated rings. The highest BCUT2D eigenvalue weighted by atomic mass is 32.2. The zero-order valence-electron chi connectivity index (χ0n) is 21.2. The topological polar surface area (TPSA) is 92.3 Å². The fourth-order valence-corrected chi connectivity index (χ4v) is 4.74. The Morgan fingerprint density at radius 3 is 1.87 bits per heavy atom. The van der Waals surface area contributed by atoms with Crippen LogP contribution in [0.1, 0.15) is 16.7 Å². The molecule has 0 atom stereocenters. The first kappa shape index (κ1) is 28.5. The second kappa shape index (κ2) is 11.5. The van der Waals surface area contributed by atoms with E-state index in [1.54, 1.807) is 36.4 Å². The minimum absolute atomic E-state index is 0.0343. The highest BCUT2D eigenvalue weighted by Gasteiger charge is 2.32. The number of anilines is 1. The molecule has 12 heteroatoms. The van der Waals surface area contributed by atoms with Crippen LogP contribution in [0.4, 0.5) is 18.9 Å². The number of halogens is 3. The molecule has 0 bridgehead atoms. The zero-order valence-corrected chi connectivity index (χ0v) is 22.0. The summed E-state index contributed by atoms with van der Waals surface area (Å²) in [6.07, 6.45) is -1.46. The predicted molar refractivity (Wildman–Crippen MR) is 137 cm³/mol. The first-order valence-corrected chi connectivity index (χ1v) is 12.4. The average molecular weight is 554 g/mol. The molecular weight excluding hydrogens is 527 g/mol. The molecule has 38 heavy (non-hydrogen) atoms. The fourth-order valence-electron chi connectivity index (χ4n) is 3.60. The van der Waals surface area contributed by atoms with Crippen molar-refractivity contribution in [1.82, 2.24) is 0 Å². The van der Waals surface area contributed by atoms with E-state index in [1.165, 1.54) is 35.5 Å². The Kier molecular flexibility index (Phi) is 8.67. The molecule has 3 aromatic carbocycles. The van der Waals surface area contributed by atoms with Crippen LogP contribution >= 0.6 is 0 Å². The van der Waals surface area contributed by atoms with E-state index in [9.17, 15) is 21.6 Å². The number of ether oxygens (including phenoxy) is 5. The van der Waals surface area contributed by atoms with Crippen molar-refractivity contribution in [3.8, 4) is 28.7 Å². The van der Waals surface area contributed by atoms with Gasteiger partial charge < -0.3 is 23.7 Å². The van der Waals surface area contributed by atoms with Gasteiger partial charge >= 0.3 is 6.18 Å². The first-order valence-electron chi connectivity index (χ1n) is 10.9. The highest BCUT2D eigenvalue weighted by molar-refractivity contribution is 7.92. The maximum Gasteiger partial charge on any atom is 0.416 e.